The van der Waals surface area contributed by atoms with Gasteiger partial charge in [-0.2, -0.15) is 0 Å². The van der Waals surface area contributed by atoms with Gasteiger partial charge in [0, 0.05) is 18.5 Å². The minimum atomic E-state index is -0.818. The van der Waals surface area contributed by atoms with Crippen LogP contribution in [0.1, 0.15) is 25.0 Å². The van der Waals surface area contributed by atoms with Gasteiger partial charge in [-0.05, 0) is 26.2 Å². The number of carboxylic acids is 1. The highest BCUT2D eigenvalue weighted by Crippen LogP contribution is 2.21. The first-order valence-corrected chi connectivity index (χ1v) is 7.13. The van der Waals surface area contributed by atoms with Crippen LogP contribution < -0.4 is 0 Å². The molecule has 0 spiro atoms. The molecule has 1 aliphatic rings. The van der Waals surface area contributed by atoms with Crippen molar-refractivity contribution in [3.05, 3.63) is 11.9 Å². The topological polar surface area (TPSA) is 64.3 Å². The lowest BCUT2D eigenvalue weighted by Crippen LogP contribution is -2.25. The van der Waals surface area contributed by atoms with Gasteiger partial charge in [-0.25, -0.2) is 4.98 Å². The molecular weight excluding hydrogens is 252 g/mol. The summed E-state index contributed by atoms with van der Waals surface area (Å²) < 4.78 is 7.77. The average molecular weight is 270 g/mol. The van der Waals surface area contributed by atoms with Crippen molar-refractivity contribution in [3.8, 4) is 0 Å². The molecule has 1 aromatic rings. The minimum absolute atomic E-state index is 0.0436. The first-order chi connectivity index (χ1) is 8.66. The zero-order chi connectivity index (χ0) is 13.0. The lowest BCUT2D eigenvalue weighted by atomic mass is 10.1. The molecule has 6 heteroatoms. The normalized spacial score (nSPS) is 19.9. The van der Waals surface area contributed by atoms with Crippen LogP contribution in [0.2, 0.25) is 0 Å². The summed E-state index contributed by atoms with van der Waals surface area (Å²) in [6.07, 6.45) is 5.43. The maximum atomic E-state index is 10.6. The Balaban J connectivity index is 2.01. The molecule has 0 amide bonds. The van der Waals surface area contributed by atoms with Crippen LogP contribution in [0, 0.1) is 6.92 Å². The second-order valence-corrected chi connectivity index (χ2v) is 5.41. The molecule has 1 fully saturated rings. The molecule has 2 heterocycles. The molecule has 1 atom stereocenters. The second kappa shape index (κ2) is 6.24. The van der Waals surface area contributed by atoms with Crippen molar-refractivity contribution in [1.29, 1.82) is 0 Å². The first kappa shape index (κ1) is 13.4. The van der Waals surface area contributed by atoms with E-state index in [0.29, 0.717) is 0 Å². The molecule has 0 aliphatic carbocycles. The van der Waals surface area contributed by atoms with Crippen molar-refractivity contribution in [2.24, 2.45) is 0 Å². The van der Waals surface area contributed by atoms with Crippen molar-refractivity contribution in [2.45, 2.75) is 44.0 Å². The van der Waals surface area contributed by atoms with Gasteiger partial charge in [0.05, 0.1) is 18.4 Å². The Kier molecular flexibility index (Phi) is 4.66. The van der Waals surface area contributed by atoms with Gasteiger partial charge >= 0.3 is 5.97 Å². The number of thioether (sulfide) groups is 1. The predicted molar refractivity (Wildman–Crippen MR) is 68.9 cm³/mol. The molecule has 0 aromatic carbocycles. The van der Waals surface area contributed by atoms with Gasteiger partial charge < -0.3 is 14.4 Å². The fraction of sp³-hybridized carbons (Fsp3) is 0.667. The van der Waals surface area contributed by atoms with Crippen molar-refractivity contribution in [2.75, 3.05) is 12.4 Å². The van der Waals surface area contributed by atoms with E-state index >= 15 is 0 Å². The van der Waals surface area contributed by atoms with Gasteiger partial charge in [-0.1, -0.05) is 11.8 Å². The van der Waals surface area contributed by atoms with E-state index < -0.39 is 5.97 Å². The van der Waals surface area contributed by atoms with Crippen LogP contribution in [0.3, 0.4) is 0 Å². The van der Waals surface area contributed by atoms with Crippen LogP contribution in [0.15, 0.2) is 11.4 Å². The van der Waals surface area contributed by atoms with Crippen LogP contribution >= 0.6 is 11.8 Å². The third kappa shape index (κ3) is 3.49. The van der Waals surface area contributed by atoms with Crippen molar-refractivity contribution in [3.63, 3.8) is 0 Å². The summed E-state index contributed by atoms with van der Waals surface area (Å²) in [4.78, 5) is 14.9. The lowest BCUT2D eigenvalue weighted by molar-refractivity contribution is -0.133. The van der Waals surface area contributed by atoms with E-state index in [1.807, 2.05) is 6.92 Å². The summed E-state index contributed by atoms with van der Waals surface area (Å²) in [5.41, 5.74) is 1.05. The molecule has 18 heavy (non-hydrogen) atoms. The quantitative estimate of drug-likeness (QED) is 0.828. The molecule has 100 valence electrons. The van der Waals surface area contributed by atoms with Crippen LogP contribution in [0.25, 0.3) is 0 Å². The van der Waals surface area contributed by atoms with Gasteiger partial charge in [0.15, 0.2) is 5.16 Å². The summed E-state index contributed by atoms with van der Waals surface area (Å²) >= 11 is 1.26. The van der Waals surface area contributed by atoms with Gasteiger partial charge in [-0.15, -0.1) is 0 Å². The highest BCUT2D eigenvalue weighted by molar-refractivity contribution is 7.99. The van der Waals surface area contributed by atoms with Crippen LogP contribution in [0.4, 0.5) is 0 Å². The van der Waals surface area contributed by atoms with Crippen molar-refractivity contribution in [1.82, 2.24) is 9.55 Å². The Hall–Kier alpha value is -1.01. The summed E-state index contributed by atoms with van der Waals surface area (Å²) in [5.74, 6) is -0.775. The predicted octanol–water partition coefficient (Wildman–Crippen LogP) is 1.94. The van der Waals surface area contributed by atoms with Crippen LogP contribution in [-0.4, -0.2) is 39.1 Å². The van der Waals surface area contributed by atoms with E-state index in [1.165, 1.54) is 18.2 Å². The third-order valence-electron chi connectivity index (χ3n) is 3.00. The SMILES string of the molecule is Cc1cnc(SCC(=O)O)n1CC1CCCCO1. The van der Waals surface area contributed by atoms with E-state index in [2.05, 4.69) is 9.55 Å². The van der Waals surface area contributed by atoms with Crippen LogP contribution in [-0.2, 0) is 16.1 Å². The van der Waals surface area contributed by atoms with Gasteiger partial charge in [0.25, 0.3) is 0 Å². The molecule has 2 rings (SSSR count). The molecule has 5 nitrogen and oxygen atoms in total. The second-order valence-electron chi connectivity index (χ2n) is 4.46. The van der Waals surface area contributed by atoms with Gasteiger partial charge in [-0.3, -0.25) is 4.79 Å². The first-order valence-electron chi connectivity index (χ1n) is 6.15. The standard InChI is InChI=1S/C12H18N2O3S/c1-9-6-13-12(18-8-11(15)16)14(9)7-10-4-2-3-5-17-10/h6,10H,2-5,7-8H2,1H3,(H,15,16). The van der Waals surface area contributed by atoms with Gasteiger partial charge in [0.1, 0.15) is 0 Å². The van der Waals surface area contributed by atoms with E-state index in [1.54, 1.807) is 6.20 Å². The Morgan fingerprint density at radius 1 is 1.67 bits per heavy atom. The molecule has 1 aromatic heterocycles. The fourth-order valence-electron chi connectivity index (χ4n) is 2.06. The lowest BCUT2D eigenvalue weighted by Gasteiger charge is -2.24. The Labute approximate surface area is 111 Å². The molecule has 0 saturated carbocycles. The number of imidazole rings is 1. The Morgan fingerprint density at radius 2 is 2.50 bits per heavy atom. The molecule has 1 N–H and O–H groups in total. The zero-order valence-electron chi connectivity index (χ0n) is 10.5. The summed E-state index contributed by atoms with van der Waals surface area (Å²) in [7, 11) is 0. The number of hydrogen-bond donors (Lipinski definition) is 1. The maximum absolute atomic E-state index is 10.6. The van der Waals surface area contributed by atoms with E-state index in [-0.39, 0.29) is 11.9 Å². The minimum Gasteiger partial charge on any atom is -0.481 e. The Morgan fingerprint density at radius 3 is 3.17 bits per heavy atom. The van der Waals surface area contributed by atoms with Crippen molar-refractivity contribution >= 4 is 17.7 Å². The summed E-state index contributed by atoms with van der Waals surface area (Å²) in [5, 5.41) is 9.48. The number of hydrogen-bond acceptors (Lipinski definition) is 4. The maximum Gasteiger partial charge on any atom is 0.313 e. The Bertz CT molecular complexity index is 413. The number of carbonyl (C=O) groups is 1. The molecule has 1 aliphatic heterocycles. The number of ether oxygens (including phenoxy) is 1. The molecule has 1 saturated heterocycles. The largest absolute Gasteiger partial charge is 0.481 e. The summed E-state index contributed by atoms with van der Waals surface area (Å²) in [6.45, 7) is 3.59. The van der Waals surface area contributed by atoms with Gasteiger partial charge in [0.2, 0.25) is 0 Å². The fourth-order valence-corrected chi connectivity index (χ4v) is 2.81. The highest BCUT2D eigenvalue weighted by Gasteiger charge is 2.18. The molecule has 0 radical (unpaired) electrons. The number of nitrogens with zero attached hydrogens (tertiary/aromatic N) is 2. The molecule has 1 unspecified atom stereocenters. The van der Waals surface area contributed by atoms with Crippen LogP contribution in [0.5, 0.6) is 0 Å². The van der Waals surface area contributed by atoms with Crippen molar-refractivity contribution < 1.29 is 14.6 Å². The molecule has 0 bridgehead atoms. The summed E-state index contributed by atoms with van der Waals surface area (Å²) in [6, 6.07) is 0. The zero-order valence-corrected chi connectivity index (χ0v) is 11.3. The number of aryl methyl sites for hydroxylation is 1. The molecular formula is C12H18N2O3S. The highest BCUT2D eigenvalue weighted by atomic mass is 32.2. The van der Waals surface area contributed by atoms with E-state index in [0.717, 1.165) is 36.8 Å². The number of rotatable bonds is 5. The monoisotopic (exact) mass is 270 g/mol. The number of aromatic nitrogens is 2. The number of carboxylic acid groups (broad SMARTS) is 1. The number of aliphatic carboxylic acids is 1. The third-order valence-corrected chi connectivity index (χ3v) is 3.98. The smallest absolute Gasteiger partial charge is 0.313 e. The van der Waals surface area contributed by atoms with E-state index in [9.17, 15) is 4.79 Å². The average Bonchev–Trinajstić information content (AvgIpc) is 2.70. The van der Waals surface area contributed by atoms with E-state index in [4.69, 9.17) is 9.84 Å².